The third-order valence-corrected chi connectivity index (χ3v) is 6.49. The molecule has 200 valence electrons. The normalized spacial score (nSPS) is 16.3. The summed E-state index contributed by atoms with van der Waals surface area (Å²) in [5.74, 6) is -0.279. The number of nitroso groups, excluding NO2 is 1. The molecule has 0 aliphatic carbocycles. The molecule has 0 radical (unpaired) electrons. The Morgan fingerprint density at radius 1 is 1.05 bits per heavy atom. The summed E-state index contributed by atoms with van der Waals surface area (Å²) in [6, 6.07) is 16.5. The molecule has 2 N–H and O–H groups in total. The van der Waals surface area contributed by atoms with Crippen LogP contribution in [0.2, 0.25) is 0 Å². The van der Waals surface area contributed by atoms with E-state index in [1.807, 2.05) is 57.2 Å². The van der Waals surface area contributed by atoms with Gasteiger partial charge < -0.3 is 25.2 Å². The van der Waals surface area contributed by atoms with Crippen LogP contribution in [0.15, 0.2) is 72.2 Å². The molecule has 0 unspecified atom stereocenters. The second-order valence-electron chi connectivity index (χ2n) is 10.4. The highest BCUT2D eigenvalue weighted by Gasteiger charge is 2.29. The summed E-state index contributed by atoms with van der Waals surface area (Å²) in [6.07, 6.45) is 3.09. The second kappa shape index (κ2) is 10.6. The van der Waals surface area contributed by atoms with Crippen molar-refractivity contribution >= 4 is 46.0 Å². The van der Waals surface area contributed by atoms with Crippen LogP contribution in [-0.2, 0) is 9.53 Å². The molecule has 10 heteroatoms. The largest absolute Gasteiger partial charge is 0.444 e. The van der Waals surface area contributed by atoms with Crippen LogP contribution in [0.4, 0.5) is 27.5 Å². The van der Waals surface area contributed by atoms with E-state index in [-0.39, 0.29) is 17.7 Å². The number of piperazine rings is 1. The number of nitrogens with zero attached hydrogens (tertiary/aromatic N) is 4. The first-order valence-electron chi connectivity index (χ1n) is 12.8. The van der Waals surface area contributed by atoms with E-state index in [9.17, 15) is 14.5 Å². The zero-order chi connectivity index (χ0) is 27.6. The summed E-state index contributed by atoms with van der Waals surface area (Å²) >= 11 is 0. The number of ether oxygens (including phenoxy) is 1. The van der Waals surface area contributed by atoms with Gasteiger partial charge in [-0.3, -0.25) is 9.78 Å². The molecule has 2 amide bonds. The van der Waals surface area contributed by atoms with Gasteiger partial charge in [-0.15, -0.1) is 4.91 Å². The van der Waals surface area contributed by atoms with Crippen molar-refractivity contribution in [3.8, 4) is 0 Å². The first-order chi connectivity index (χ1) is 18.7. The lowest BCUT2D eigenvalue weighted by molar-refractivity contribution is -0.110. The monoisotopic (exact) mass is 526 g/mol. The van der Waals surface area contributed by atoms with Crippen LogP contribution in [0, 0.1) is 4.91 Å². The first-order valence-corrected chi connectivity index (χ1v) is 12.8. The number of fused-ring (bicyclic) bond motifs is 1. The molecule has 2 aromatic carbocycles. The molecule has 5 rings (SSSR count). The van der Waals surface area contributed by atoms with Gasteiger partial charge in [0.25, 0.3) is 5.91 Å². The van der Waals surface area contributed by atoms with Gasteiger partial charge in [-0.1, -0.05) is 0 Å². The van der Waals surface area contributed by atoms with Crippen LogP contribution >= 0.6 is 0 Å². The van der Waals surface area contributed by atoms with Gasteiger partial charge in [0.15, 0.2) is 0 Å². The molecule has 0 bridgehead atoms. The number of pyridine rings is 1. The Bertz CT molecular complexity index is 1420. The Labute approximate surface area is 226 Å². The number of rotatable bonds is 5. The fourth-order valence-electron chi connectivity index (χ4n) is 4.63. The molecular formula is C29H30N6O4. The van der Waals surface area contributed by atoms with E-state index in [0.717, 1.165) is 16.9 Å². The number of carbonyl (C=O) groups excluding carboxylic acids is 2. The highest BCUT2D eigenvalue weighted by molar-refractivity contribution is 6.37. The number of anilines is 3. The third kappa shape index (κ3) is 5.74. The maximum atomic E-state index is 13.1. The third-order valence-electron chi connectivity index (χ3n) is 6.49. The topological polar surface area (TPSA) is 116 Å². The Morgan fingerprint density at radius 3 is 2.44 bits per heavy atom. The van der Waals surface area contributed by atoms with Gasteiger partial charge in [-0.05, 0) is 80.5 Å². The minimum atomic E-state index is -0.516. The minimum absolute atomic E-state index is 0.244. The van der Waals surface area contributed by atoms with Gasteiger partial charge in [0, 0.05) is 61.1 Å². The predicted molar refractivity (Wildman–Crippen MR) is 152 cm³/mol. The smallest absolute Gasteiger partial charge is 0.410 e. The molecule has 0 saturated carbocycles. The SMILES string of the molecule is CC(C)(C)OC(=O)N1CCN(c2ccc(N/C(=C3\C(=O)Nc4cc(N=O)ccc43)c3cccnc3)cc2)CC1. The van der Waals surface area contributed by atoms with Gasteiger partial charge in [-0.25, -0.2) is 4.79 Å². The number of hydrogen-bond donors (Lipinski definition) is 2. The number of amides is 2. The Morgan fingerprint density at radius 2 is 1.79 bits per heavy atom. The van der Waals surface area contributed by atoms with Crippen molar-refractivity contribution in [2.75, 3.05) is 41.7 Å². The zero-order valence-electron chi connectivity index (χ0n) is 22.1. The van der Waals surface area contributed by atoms with Crippen LogP contribution in [0.3, 0.4) is 0 Å². The van der Waals surface area contributed by atoms with Gasteiger partial charge in [0.2, 0.25) is 0 Å². The molecular weight excluding hydrogens is 496 g/mol. The lowest BCUT2D eigenvalue weighted by Gasteiger charge is -2.36. The molecule has 1 aromatic heterocycles. The molecule has 0 spiro atoms. The van der Waals surface area contributed by atoms with Crippen molar-refractivity contribution in [1.82, 2.24) is 9.88 Å². The Balaban J connectivity index is 1.36. The number of carbonyl (C=O) groups is 2. The molecule has 2 aliphatic heterocycles. The Kier molecular flexibility index (Phi) is 7.02. The summed E-state index contributed by atoms with van der Waals surface area (Å²) in [5, 5.41) is 9.22. The predicted octanol–water partition coefficient (Wildman–Crippen LogP) is 5.47. The van der Waals surface area contributed by atoms with Gasteiger partial charge >= 0.3 is 6.09 Å². The molecule has 39 heavy (non-hydrogen) atoms. The van der Waals surface area contributed by atoms with Crippen LogP contribution < -0.4 is 15.5 Å². The van der Waals surface area contributed by atoms with E-state index in [0.29, 0.717) is 48.7 Å². The molecule has 10 nitrogen and oxygen atoms in total. The van der Waals surface area contributed by atoms with Gasteiger partial charge in [0.1, 0.15) is 11.3 Å². The minimum Gasteiger partial charge on any atom is -0.444 e. The van der Waals surface area contributed by atoms with Gasteiger partial charge in [-0.2, -0.15) is 0 Å². The average molecular weight is 527 g/mol. The van der Waals surface area contributed by atoms with Gasteiger partial charge in [0.05, 0.1) is 17.0 Å². The van der Waals surface area contributed by atoms with Crippen LogP contribution in [0.1, 0.15) is 31.9 Å². The van der Waals surface area contributed by atoms with E-state index >= 15 is 0 Å². The van der Waals surface area contributed by atoms with Crippen LogP contribution in [0.5, 0.6) is 0 Å². The standard InChI is InChI=1S/C29H30N6O4/c1-29(2,3)39-28(37)35-15-13-34(14-16-35)22-9-6-20(7-10-22)31-26(19-5-4-12-30-18-19)25-23-11-8-21(33-38)17-24(23)32-27(25)36/h4-12,17-18,31H,13-16H2,1-3H3,(H,32,36)/b26-25-. The summed E-state index contributed by atoms with van der Waals surface area (Å²) < 4.78 is 5.50. The summed E-state index contributed by atoms with van der Waals surface area (Å²) in [4.78, 5) is 44.6. The van der Waals surface area contributed by atoms with Crippen molar-refractivity contribution in [2.45, 2.75) is 26.4 Å². The molecule has 0 atom stereocenters. The molecule has 1 saturated heterocycles. The van der Waals surface area contributed by atoms with E-state index < -0.39 is 5.60 Å². The van der Waals surface area contributed by atoms with Crippen LogP contribution in [-0.4, -0.2) is 53.7 Å². The van der Waals surface area contributed by atoms with E-state index in [1.54, 1.807) is 35.5 Å². The van der Waals surface area contributed by atoms with E-state index in [1.165, 1.54) is 0 Å². The first kappa shape index (κ1) is 25.9. The number of benzene rings is 2. The highest BCUT2D eigenvalue weighted by atomic mass is 16.6. The summed E-state index contributed by atoms with van der Waals surface area (Å²) in [5.41, 5.74) is 4.58. The number of aromatic nitrogens is 1. The lowest BCUT2D eigenvalue weighted by Crippen LogP contribution is -2.50. The zero-order valence-corrected chi connectivity index (χ0v) is 22.1. The lowest BCUT2D eigenvalue weighted by atomic mass is 10.0. The summed E-state index contributed by atoms with van der Waals surface area (Å²) in [7, 11) is 0. The molecule has 3 aromatic rings. The summed E-state index contributed by atoms with van der Waals surface area (Å²) in [6.45, 7) is 8.17. The highest BCUT2D eigenvalue weighted by Crippen LogP contribution is 2.39. The molecule has 3 heterocycles. The maximum Gasteiger partial charge on any atom is 0.410 e. The van der Waals surface area contributed by atoms with Crippen molar-refractivity contribution < 1.29 is 14.3 Å². The van der Waals surface area contributed by atoms with E-state index in [4.69, 9.17) is 4.74 Å². The fraction of sp³-hybridized carbons (Fsp3) is 0.276. The molecule has 2 aliphatic rings. The maximum absolute atomic E-state index is 13.1. The van der Waals surface area contributed by atoms with Crippen molar-refractivity contribution in [1.29, 1.82) is 0 Å². The quantitative estimate of drug-likeness (QED) is 0.335. The Hall–Kier alpha value is -4.73. The van der Waals surface area contributed by atoms with Crippen LogP contribution in [0.25, 0.3) is 11.3 Å². The fourth-order valence-corrected chi connectivity index (χ4v) is 4.63. The van der Waals surface area contributed by atoms with Crippen molar-refractivity contribution in [3.63, 3.8) is 0 Å². The average Bonchev–Trinajstić information content (AvgIpc) is 3.26. The van der Waals surface area contributed by atoms with Crippen molar-refractivity contribution in [2.24, 2.45) is 5.18 Å². The van der Waals surface area contributed by atoms with E-state index in [2.05, 4.69) is 25.7 Å². The second-order valence-corrected chi connectivity index (χ2v) is 10.4. The number of nitrogens with one attached hydrogen (secondary N) is 2. The number of hydrogen-bond acceptors (Lipinski definition) is 8. The van der Waals surface area contributed by atoms with Crippen molar-refractivity contribution in [3.05, 3.63) is 83.0 Å². The molecule has 1 fully saturated rings.